The highest BCUT2D eigenvalue weighted by molar-refractivity contribution is 7.99. The minimum atomic E-state index is 0.139. The molecule has 2 aromatic carbocycles. The van der Waals surface area contributed by atoms with Crippen molar-refractivity contribution in [3.63, 3.8) is 0 Å². The van der Waals surface area contributed by atoms with Crippen LogP contribution in [0.5, 0.6) is 0 Å². The van der Waals surface area contributed by atoms with E-state index in [9.17, 15) is 4.79 Å². The topological polar surface area (TPSA) is 36.4 Å². The van der Waals surface area contributed by atoms with Crippen molar-refractivity contribution in [2.45, 2.75) is 32.1 Å². The molecule has 0 aliphatic rings. The van der Waals surface area contributed by atoms with Crippen LogP contribution in [0.15, 0.2) is 41.3 Å². The Kier molecular flexibility index (Phi) is 7.33. The Balaban J connectivity index is 1.74. The Morgan fingerprint density at radius 3 is 2.45 bits per heavy atom. The van der Waals surface area contributed by atoms with Gasteiger partial charge in [0.15, 0.2) is 5.13 Å². The van der Waals surface area contributed by atoms with Crippen molar-refractivity contribution >= 4 is 44.4 Å². The lowest BCUT2D eigenvalue weighted by Gasteiger charge is -2.22. The molecule has 1 aromatic heterocycles. The molecular formula is C23H29N3OS2. The van der Waals surface area contributed by atoms with Gasteiger partial charge in [0.25, 0.3) is 0 Å². The molecule has 0 fully saturated rings. The normalized spacial score (nSPS) is 11.4. The zero-order valence-corrected chi connectivity index (χ0v) is 19.5. The standard InChI is InChI=1S/C23H29N3OS2/c1-16-6-8-19(9-7-16)28-13-10-21(27)26(12-11-25(4)5)23-24-22-18(3)14-17(2)15-20(22)29-23/h6-9,14-15H,10-13H2,1-5H3. The molecule has 154 valence electrons. The van der Waals surface area contributed by atoms with E-state index in [0.717, 1.165) is 33.2 Å². The van der Waals surface area contributed by atoms with E-state index in [1.807, 2.05) is 19.0 Å². The summed E-state index contributed by atoms with van der Waals surface area (Å²) in [5, 5.41) is 0.806. The van der Waals surface area contributed by atoms with E-state index in [-0.39, 0.29) is 5.91 Å². The van der Waals surface area contributed by atoms with Crippen LogP contribution in [0.4, 0.5) is 5.13 Å². The molecule has 0 aliphatic carbocycles. The van der Waals surface area contributed by atoms with Crippen molar-refractivity contribution in [1.29, 1.82) is 0 Å². The summed E-state index contributed by atoms with van der Waals surface area (Å²) in [5.74, 6) is 0.906. The molecule has 3 rings (SSSR count). The fourth-order valence-electron chi connectivity index (χ4n) is 3.13. The summed E-state index contributed by atoms with van der Waals surface area (Å²) >= 11 is 3.34. The van der Waals surface area contributed by atoms with Gasteiger partial charge in [0, 0.05) is 30.2 Å². The zero-order chi connectivity index (χ0) is 21.0. The Bertz CT molecular complexity index is 980. The SMILES string of the molecule is Cc1ccc(SCCC(=O)N(CCN(C)C)c2nc3c(C)cc(C)cc3s2)cc1. The quantitative estimate of drug-likeness (QED) is 0.457. The molecule has 0 saturated heterocycles. The summed E-state index contributed by atoms with van der Waals surface area (Å²) in [6.45, 7) is 7.73. The molecule has 0 N–H and O–H groups in total. The number of likely N-dealkylation sites (N-methyl/N-ethyl adjacent to an activating group) is 1. The molecule has 1 heterocycles. The van der Waals surface area contributed by atoms with Crippen molar-refractivity contribution in [2.24, 2.45) is 0 Å². The van der Waals surface area contributed by atoms with E-state index < -0.39 is 0 Å². The molecule has 0 unspecified atom stereocenters. The number of nitrogens with zero attached hydrogens (tertiary/aromatic N) is 3. The number of aryl methyl sites for hydroxylation is 3. The van der Waals surface area contributed by atoms with Gasteiger partial charge in [0.1, 0.15) is 0 Å². The summed E-state index contributed by atoms with van der Waals surface area (Å²) in [6.07, 6.45) is 0.500. The van der Waals surface area contributed by atoms with E-state index in [0.29, 0.717) is 13.0 Å². The number of carbonyl (C=O) groups is 1. The first-order chi connectivity index (χ1) is 13.8. The summed E-state index contributed by atoms with van der Waals surface area (Å²) in [6, 6.07) is 12.8. The maximum Gasteiger partial charge on any atom is 0.229 e. The molecule has 1 amide bonds. The number of anilines is 1. The molecule has 0 spiro atoms. The smallest absolute Gasteiger partial charge is 0.229 e. The molecule has 29 heavy (non-hydrogen) atoms. The first-order valence-electron chi connectivity index (χ1n) is 9.86. The van der Waals surface area contributed by atoms with Crippen LogP contribution in [-0.2, 0) is 4.79 Å². The molecule has 0 aliphatic heterocycles. The maximum atomic E-state index is 13.1. The van der Waals surface area contributed by atoms with Crippen LogP contribution in [-0.4, -0.2) is 48.7 Å². The lowest BCUT2D eigenvalue weighted by molar-refractivity contribution is -0.118. The van der Waals surface area contributed by atoms with E-state index in [1.54, 1.807) is 23.1 Å². The number of hydrogen-bond acceptors (Lipinski definition) is 5. The number of thioether (sulfide) groups is 1. The predicted octanol–water partition coefficient (Wildman–Crippen LogP) is 5.30. The van der Waals surface area contributed by atoms with Crippen LogP contribution in [0.3, 0.4) is 0 Å². The third kappa shape index (κ3) is 5.81. The predicted molar refractivity (Wildman–Crippen MR) is 127 cm³/mol. The largest absolute Gasteiger partial charge is 0.308 e. The average Bonchev–Trinajstić information content (AvgIpc) is 3.07. The van der Waals surface area contributed by atoms with Crippen LogP contribution in [0, 0.1) is 20.8 Å². The highest BCUT2D eigenvalue weighted by atomic mass is 32.2. The second kappa shape index (κ2) is 9.74. The fraction of sp³-hybridized carbons (Fsp3) is 0.391. The van der Waals surface area contributed by atoms with E-state index >= 15 is 0 Å². The van der Waals surface area contributed by atoms with E-state index in [4.69, 9.17) is 4.98 Å². The van der Waals surface area contributed by atoms with Gasteiger partial charge in [-0.15, -0.1) is 11.8 Å². The first-order valence-corrected chi connectivity index (χ1v) is 11.7. The van der Waals surface area contributed by atoms with Crippen LogP contribution in [0.1, 0.15) is 23.1 Å². The van der Waals surface area contributed by atoms with Gasteiger partial charge in [-0.3, -0.25) is 9.69 Å². The van der Waals surface area contributed by atoms with Gasteiger partial charge < -0.3 is 4.90 Å². The lowest BCUT2D eigenvalue weighted by Crippen LogP contribution is -2.36. The molecule has 0 radical (unpaired) electrons. The highest BCUT2D eigenvalue weighted by Crippen LogP contribution is 2.32. The van der Waals surface area contributed by atoms with Crippen molar-refractivity contribution in [1.82, 2.24) is 9.88 Å². The number of hydrogen-bond donors (Lipinski definition) is 0. The first kappa shape index (κ1) is 21.8. The number of amides is 1. The van der Waals surface area contributed by atoms with E-state index in [1.165, 1.54) is 16.0 Å². The number of benzene rings is 2. The third-order valence-corrected chi connectivity index (χ3v) is 6.77. The second-order valence-electron chi connectivity index (χ2n) is 7.69. The van der Waals surface area contributed by atoms with Gasteiger partial charge in [-0.1, -0.05) is 35.1 Å². The van der Waals surface area contributed by atoms with Gasteiger partial charge in [-0.2, -0.15) is 0 Å². The van der Waals surface area contributed by atoms with Gasteiger partial charge >= 0.3 is 0 Å². The summed E-state index contributed by atoms with van der Waals surface area (Å²) in [4.78, 5) is 23.1. The molecular weight excluding hydrogens is 398 g/mol. The summed E-state index contributed by atoms with van der Waals surface area (Å²) in [7, 11) is 4.06. The number of aromatic nitrogens is 1. The molecule has 0 atom stereocenters. The Morgan fingerprint density at radius 2 is 1.76 bits per heavy atom. The number of rotatable bonds is 8. The van der Waals surface area contributed by atoms with Crippen molar-refractivity contribution < 1.29 is 4.79 Å². The van der Waals surface area contributed by atoms with Crippen LogP contribution in [0.2, 0.25) is 0 Å². The van der Waals surface area contributed by atoms with Gasteiger partial charge in [0.2, 0.25) is 5.91 Å². The Hall–Kier alpha value is -1.89. The molecule has 0 saturated carbocycles. The van der Waals surface area contributed by atoms with Gasteiger partial charge in [0.05, 0.1) is 10.2 Å². The average molecular weight is 428 g/mol. The second-order valence-corrected chi connectivity index (χ2v) is 9.86. The van der Waals surface area contributed by atoms with Crippen LogP contribution >= 0.6 is 23.1 Å². The van der Waals surface area contributed by atoms with E-state index in [2.05, 4.69) is 62.1 Å². The van der Waals surface area contributed by atoms with Crippen molar-refractivity contribution in [3.05, 3.63) is 53.1 Å². The summed E-state index contributed by atoms with van der Waals surface area (Å²) < 4.78 is 1.15. The monoisotopic (exact) mass is 427 g/mol. The number of thiazole rings is 1. The molecule has 0 bridgehead atoms. The minimum absolute atomic E-state index is 0.139. The number of carbonyl (C=O) groups excluding carboxylic acids is 1. The fourth-order valence-corrected chi connectivity index (χ4v) is 5.15. The van der Waals surface area contributed by atoms with Crippen LogP contribution < -0.4 is 4.90 Å². The van der Waals surface area contributed by atoms with Crippen molar-refractivity contribution in [3.8, 4) is 0 Å². The van der Waals surface area contributed by atoms with Gasteiger partial charge in [-0.05, 0) is 64.2 Å². The highest BCUT2D eigenvalue weighted by Gasteiger charge is 2.20. The molecule has 4 nitrogen and oxygen atoms in total. The molecule has 3 aromatic rings. The zero-order valence-electron chi connectivity index (χ0n) is 17.9. The third-order valence-electron chi connectivity index (χ3n) is 4.73. The lowest BCUT2D eigenvalue weighted by atomic mass is 10.1. The summed E-state index contributed by atoms with van der Waals surface area (Å²) in [5.41, 5.74) is 4.65. The maximum absolute atomic E-state index is 13.1. The van der Waals surface area contributed by atoms with Crippen molar-refractivity contribution in [2.75, 3.05) is 37.8 Å². The Labute approximate surface area is 181 Å². The minimum Gasteiger partial charge on any atom is -0.308 e. The molecule has 6 heteroatoms. The van der Waals surface area contributed by atoms with Crippen LogP contribution in [0.25, 0.3) is 10.2 Å². The van der Waals surface area contributed by atoms with Gasteiger partial charge in [-0.25, -0.2) is 4.98 Å². The Morgan fingerprint density at radius 1 is 1.03 bits per heavy atom. The number of fused-ring (bicyclic) bond motifs is 1.